The second-order valence-electron chi connectivity index (χ2n) is 18.9. The molecule has 4 heterocycles. The molecule has 0 unspecified atom stereocenters. The summed E-state index contributed by atoms with van der Waals surface area (Å²) >= 11 is 0. The van der Waals surface area contributed by atoms with E-state index in [0.717, 1.165) is 137 Å². The molecule has 0 saturated carbocycles. The Bertz CT molecular complexity index is 2500. The highest BCUT2D eigenvalue weighted by atomic mass is 16.5. The molecule has 4 aromatic carbocycles. The highest BCUT2D eigenvalue weighted by Gasteiger charge is 2.27. The first-order valence-electron chi connectivity index (χ1n) is 24.8. The van der Waals surface area contributed by atoms with Crippen LogP contribution in [0.15, 0.2) is 121 Å². The molecular formula is C56H62N6O6. The molecule has 0 N–H and O–H groups in total. The zero-order valence-electron chi connectivity index (χ0n) is 39.0. The van der Waals surface area contributed by atoms with Crippen LogP contribution in [0.3, 0.4) is 0 Å². The Hall–Kier alpha value is -6.50. The van der Waals surface area contributed by atoms with E-state index >= 15 is 0 Å². The van der Waals surface area contributed by atoms with Crippen molar-refractivity contribution in [3.05, 3.63) is 155 Å². The van der Waals surface area contributed by atoms with Gasteiger partial charge in [0.25, 0.3) is 0 Å². The van der Waals surface area contributed by atoms with E-state index in [9.17, 15) is 9.59 Å². The van der Waals surface area contributed by atoms with E-state index in [4.69, 9.17) is 28.9 Å². The Morgan fingerprint density at radius 3 is 1.35 bits per heavy atom. The third-order valence-electron chi connectivity index (χ3n) is 13.9. The highest BCUT2D eigenvalue weighted by Crippen LogP contribution is 2.33. The quantitative estimate of drug-likeness (QED) is 0.0529. The lowest BCUT2D eigenvalue weighted by molar-refractivity contribution is -0.131. The minimum atomic E-state index is -0.642. The van der Waals surface area contributed by atoms with Crippen LogP contribution in [-0.2, 0) is 48.4 Å². The average molecular weight is 915 g/mol. The first kappa shape index (κ1) is 45.3. The van der Waals surface area contributed by atoms with E-state index in [1.807, 2.05) is 48.5 Å². The minimum absolute atomic E-state index is 0.434. The SMILES string of the molecule is O=C(/C=C/C(=O)Oc1cccc(CN2CCC(COc3nc4c(n3-c3ccccc3)CCCC4)CC2)c1)Oc1cccc(CN2CCC(COc3nc4c(n3-c3ccccc3)CCCC4)CC2)c1. The van der Waals surface area contributed by atoms with Crippen molar-refractivity contribution in [2.75, 3.05) is 39.4 Å². The first-order chi connectivity index (χ1) is 33.5. The monoisotopic (exact) mass is 914 g/mol. The summed E-state index contributed by atoms with van der Waals surface area (Å²) in [5.41, 5.74) is 9.27. The number of likely N-dealkylation sites (tertiary alicyclic amines) is 2. The van der Waals surface area contributed by atoms with Crippen molar-refractivity contribution in [2.45, 2.75) is 90.1 Å². The summed E-state index contributed by atoms with van der Waals surface area (Å²) in [6, 6.07) is 37.5. The summed E-state index contributed by atoms with van der Waals surface area (Å²) in [5, 5.41) is 0. The summed E-state index contributed by atoms with van der Waals surface area (Å²) in [4.78, 5) is 40.4. The number of carbonyl (C=O) groups excluding carboxylic acids is 2. The van der Waals surface area contributed by atoms with E-state index in [2.05, 4.69) is 67.5 Å². The number of rotatable bonds is 16. The number of fused-ring (bicyclic) bond motifs is 2. The number of aromatic nitrogens is 4. The number of aryl methyl sites for hydroxylation is 2. The summed E-state index contributed by atoms with van der Waals surface area (Å²) < 4.78 is 28.6. The molecule has 352 valence electrons. The molecule has 2 saturated heterocycles. The van der Waals surface area contributed by atoms with Crippen LogP contribution < -0.4 is 18.9 Å². The van der Waals surface area contributed by atoms with Crippen LogP contribution in [0.25, 0.3) is 11.4 Å². The number of esters is 2. The number of benzene rings is 4. The van der Waals surface area contributed by atoms with E-state index in [1.165, 1.54) is 48.5 Å². The number of carbonyl (C=O) groups is 2. The molecule has 12 nitrogen and oxygen atoms in total. The van der Waals surface area contributed by atoms with Crippen molar-refractivity contribution in [2.24, 2.45) is 11.8 Å². The lowest BCUT2D eigenvalue weighted by Crippen LogP contribution is -2.35. The van der Waals surface area contributed by atoms with Crippen molar-refractivity contribution in [3.63, 3.8) is 0 Å². The fraction of sp³-hybridized carbons (Fsp3) is 0.393. The van der Waals surface area contributed by atoms with Crippen molar-refractivity contribution in [3.8, 4) is 34.9 Å². The van der Waals surface area contributed by atoms with Gasteiger partial charge in [-0.2, -0.15) is 9.97 Å². The number of nitrogens with zero attached hydrogens (tertiary/aromatic N) is 6. The van der Waals surface area contributed by atoms with Gasteiger partial charge in [0.1, 0.15) is 11.5 Å². The Kier molecular flexibility index (Phi) is 14.4. The van der Waals surface area contributed by atoms with E-state index in [-0.39, 0.29) is 0 Å². The Labute approximate surface area is 399 Å². The van der Waals surface area contributed by atoms with Crippen LogP contribution in [0.5, 0.6) is 23.5 Å². The number of piperidine rings is 2. The molecule has 0 atom stereocenters. The second-order valence-corrected chi connectivity index (χ2v) is 18.9. The predicted octanol–water partition coefficient (Wildman–Crippen LogP) is 9.46. The largest absolute Gasteiger partial charge is 0.464 e. The van der Waals surface area contributed by atoms with Gasteiger partial charge in [-0.15, -0.1) is 0 Å². The van der Waals surface area contributed by atoms with Crippen LogP contribution in [0.1, 0.15) is 85.3 Å². The van der Waals surface area contributed by atoms with Gasteiger partial charge in [-0.3, -0.25) is 18.9 Å². The van der Waals surface area contributed by atoms with Crippen LogP contribution in [0.2, 0.25) is 0 Å². The standard InChI is InChI=1S/C56H62N6O6/c63-53(67-47-19-11-13-43(35-47)37-59-31-27-41(28-32-59)39-65-55-57-49-21-7-9-23-51(49)61(55)45-15-3-1-4-16-45)25-26-54(64)68-48-20-12-14-44(36-48)38-60-33-29-42(30-34-60)40-66-56-58-50-22-8-10-24-52(50)62(56)46-17-5-2-6-18-46/h1-6,11-20,25-26,35-36,41-42H,7-10,21-24,27-34,37-40H2/b26-25+. The molecule has 2 aliphatic heterocycles. The third kappa shape index (κ3) is 11.3. The first-order valence-corrected chi connectivity index (χ1v) is 24.8. The molecule has 0 radical (unpaired) electrons. The molecule has 10 rings (SSSR count). The smallest absolute Gasteiger partial charge is 0.336 e. The highest BCUT2D eigenvalue weighted by molar-refractivity contribution is 5.93. The number of hydrogen-bond acceptors (Lipinski definition) is 10. The molecule has 6 aromatic rings. The lowest BCUT2D eigenvalue weighted by atomic mass is 9.97. The predicted molar refractivity (Wildman–Crippen MR) is 261 cm³/mol. The minimum Gasteiger partial charge on any atom is -0.464 e. The number of hydrogen-bond donors (Lipinski definition) is 0. The summed E-state index contributed by atoms with van der Waals surface area (Å²) in [7, 11) is 0. The van der Waals surface area contributed by atoms with Gasteiger partial charge >= 0.3 is 24.0 Å². The molecule has 2 fully saturated rings. The summed E-state index contributed by atoms with van der Waals surface area (Å²) in [6.45, 7) is 6.63. The van der Waals surface area contributed by atoms with Gasteiger partial charge in [0, 0.05) is 36.6 Å². The maximum absolute atomic E-state index is 12.8. The fourth-order valence-electron chi connectivity index (χ4n) is 10.3. The second kappa shape index (κ2) is 21.6. The Balaban J connectivity index is 0.643. The van der Waals surface area contributed by atoms with E-state index in [1.54, 1.807) is 12.1 Å². The van der Waals surface area contributed by atoms with Crippen molar-refractivity contribution >= 4 is 11.9 Å². The number of imidazole rings is 2. The van der Waals surface area contributed by atoms with Crippen molar-refractivity contribution in [1.82, 2.24) is 28.9 Å². The molecule has 12 heteroatoms. The maximum atomic E-state index is 12.8. The van der Waals surface area contributed by atoms with Crippen molar-refractivity contribution < 1.29 is 28.5 Å². The van der Waals surface area contributed by atoms with Crippen LogP contribution in [0.4, 0.5) is 0 Å². The Morgan fingerprint density at radius 1 is 0.515 bits per heavy atom. The lowest BCUT2D eigenvalue weighted by Gasteiger charge is -2.31. The van der Waals surface area contributed by atoms with E-state index < -0.39 is 11.9 Å². The summed E-state index contributed by atoms with van der Waals surface area (Å²) in [6.07, 6.45) is 15.2. The van der Waals surface area contributed by atoms with Gasteiger partial charge in [-0.05, 0) is 175 Å². The van der Waals surface area contributed by atoms with Crippen LogP contribution in [-0.4, -0.2) is 80.2 Å². The van der Waals surface area contributed by atoms with Gasteiger partial charge < -0.3 is 18.9 Å². The van der Waals surface area contributed by atoms with Gasteiger partial charge in [0.2, 0.25) is 0 Å². The zero-order chi connectivity index (χ0) is 46.1. The molecule has 0 amide bonds. The van der Waals surface area contributed by atoms with Gasteiger partial charge in [0.15, 0.2) is 0 Å². The Morgan fingerprint density at radius 2 is 0.926 bits per heavy atom. The molecule has 2 aromatic heterocycles. The average Bonchev–Trinajstić information content (AvgIpc) is 3.94. The summed E-state index contributed by atoms with van der Waals surface area (Å²) in [5.74, 6) is 0.488. The topological polar surface area (TPSA) is 113 Å². The van der Waals surface area contributed by atoms with E-state index in [0.29, 0.717) is 36.5 Å². The van der Waals surface area contributed by atoms with Crippen LogP contribution >= 0.6 is 0 Å². The normalized spacial score (nSPS) is 17.1. The zero-order valence-corrected chi connectivity index (χ0v) is 39.0. The maximum Gasteiger partial charge on any atom is 0.336 e. The molecule has 0 bridgehead atoms. The van der Waals surface area contributed by atoms with Crippen LogP contribution in [0, 0.1) is 11.8 Å². The van der Waals surface area contributed by atoms with Crippen molar-refractivity contribution in [1.29, 1.82) is 0 Å². The third-order valence-corrected chi connectivity index (χ3v) is 13.9. The molecule has 68 heavy (non-hydrogen) atoms. The van der Waals surface area contributed by atoms with Gasteiger partial charge in [0.05, 0.1) is 36.0 Å². The number of para-hydroxylation sites is 2. The number of ether oxygens (including phenoxy) is 4. The molecule has 0 spiro atoms. The van der Waals surface area contributed by atoms with Gasteiger partial charge in [-0.25, -0.2) is 9.59 Å². The molecule has 2 aliphatic carbocycles. The van der Waals surface area contributed by atoms with Gasteiger partial charge in [-0.1, -0.05) is 60.7 Å². The molecular weight excluding hydrogens is 853 g/mol. The fourth-order valence-corrected chi connectivity index (χ4v) is 10.3. The molecule has 4 aliphatic rings.